The second-order valence-corrected chi connectivity index (χ2v) is 6.74. The van der Waals surface area contributed by atoms with Gasteiger partial charge in [-0.15, -0.1) is 0 Å². The first-order chi connectivity index (χ1) is 12.1. The molecule has 0 bridgehead atoms. The number of benzene rings is 2. The summed E-state index contributed by atoms with van der Waals surface area (Å²) in [4.78, 5) is 14.3. The second-order valence-electron chi connectivity index (χ2n) is 5.86. The Kier molecular flexibility index (Phi) is 5.97. The lowest BCUT2D eigenvalue weighted by molar-refractivity contribution is -0.159. The third-order valence-corrected chi connectivity index (χ3v) is 4.74. The minimum absolute atomic E-state index is 0.0327. The molecule has 1 aliphatic rings. The number of hydrogen-bond acceptors (Lipinski definition) is 3. The van der Waals surface area contributed by atoms with E-state index in [4.69, 9.17) is 32.7 Å². The number of nitrogens with zero attached hydrogens (tertiary/aromatic N) is 1. The largest absolute Gasteiger partial charge is 0.383 e. The van der Waals surface area contributed by atoms with Crippen molar-refractivity contribution in [2.45, 2.75) is 12.1 Å². The van der Waals surface area contributed by atoms with Gasteiger partial charge in [-0.2, -0.15) is 0 Å². The van der Waals surface area contributed by atoms with Crippen LogP contribution in [0.5, 0.6) is 0 Å². The maximum atomic E-state index is 12.5. The zero-order chi connectivity index (χ0) is 17.8. The van der Waals surface area contributed by atoms with Crippen LogP contribution in [-0.2, 0) is 14.3 Å². The quantitative estimate of drug-likeness (QED) is 0.777. The van der Waals surface area contributed by atoms with E-state index in [2.05, 4.69) is 0 Å². The fraction of sp³-hybridized carbons (Fsp3) is 0.316. The number of morpholine rings is 1. The van der Waals surface area contributed by atoms with Gasteiger partial charge in [-0.1, -0.05) is 47.5 Å². The van der Waals surface area contributed by atoms with E-state index in [0.717, 1.165) is 11.1 Å². The molecule has 1 aliphatic heterocycles. The molecule has 3 rings (SSSR count). The number of rotatable bonds is 5. The Morgan fingerprint density at radius 2 is 1.88 bits per heavy atom. The van der Waals surface area contributed by atoms with Crippen molar-refractivity contribution in [3.05, 3.63) is 69.7 Å². The van der Waals surface area contributed by atoms with Crippen LogP contribution in [0.4, 0.5) is 0 Å². The molecule has 1 amide bonds. The molecule has 2 aromatic carbocycles. The molecule has 0 N–H and O–H groups in total. The predicted octanol–water partition coefficient (Wildman–Crippen LogP) is 4.28. The summed E-state index contributed by atoms with van der Waals surface area (Å²) in [7, 11) is 1.62. The molecule has 0 aromatic heterocycles. The van der Waals surface area contributed by atoms with Gasteiger partial charge in [0.05, 0.1) is 12.6 Å². The molecule has 1 saturated heterocycles. The van der Waals surface area contributed by atoms with Crippen molar-refractivity contribution in [3.63, 3.8) is 0 Å². The summed E-state index contributed by atoms with van der Waals surface area (Å²) >= 11 is 12.2. The van der Waals surface area contributed by atoms with E-state index in [1.165, 1.54) is 0 Å². The number of carbonyl (C=O) groups excluding carboxylic acids is 1. The molecule has 0 aliphatic carbocycles. The Bertz CT molecular complexity index is 736. The monoisotopic (exact) mass is 379 g/mol. The maximum absolute atomic E-state index is 12.5. The summed E-state index contributed by atoms with van der Waals surface area (Å²) in [6, 6.07) is 14.8. The Hall–Kier alpha value is -1.59. The molecule has 1 fully saturated rings. The predicted molar refractivity (Wildman–Crippen MR) is 97.9 cm³/mol. The van der Waals surface area contributed by atoms with Crippen LogP contribution in [0.1, 0.15) is 23.3 Å². The van der Waals surface area contributed by atoms with E-state index >= 15 is 0 Å². The number of ether oxygens (including phenoxy) is 2. The van der Waals surface area contributed by atoms with E-state index in [-0.39, 0.29) is 24.7 Å². The van der Waals surface area contributed by atoms with Crippen molar-refractivity contribution < 1.29 is 14.3 Å². The fourth-order valence-electron chi connectivity index (χ4n) is 3.08. The molecule has 0 saturated carbocycles. The van der Waals surface area contributed by atoms with Crippen molar-refractivity contribution >= 4 is 29.1 Å². The first-order valence-corrected chi connectivity index (χ1v) is 8.76. The first kappa shape index (κ1) is 18.2. The van der Waals surface area contributed by atoms with Crippen molar-refractivity contribution in [2.24, 2.45) is 0 Å². The van der Waals surface area contributed by atoms with Gasteiger partial charge in [-0.25, -0.2) is 0 Å². The Labute approximate surface area is 157 Å². The van der Waals surface area contributed by atoms with Gasteiger partial charge < -0.3 is 14.4 Å². The average molecular weight is 380 g/mol. The van der Waals surface area contributed by atoms with Crippen molar-refractivity contribution in [1.82, 2.24) is 4.90 Å². The van der Waals surface area contributed by atoms with Crippen LogP contribution in [0, 0.1) is 0 Å². The lowest BCUT2D eigenvalue weighted by atomic mass is 9.92. The molecule has 2 atom stereocenters. The molecule has 2 unspecified atom stereocenters. The summed E-state index contributed by atoms with van der Waals surface area (Å²) in [6.07, 6.45) is -0.311. The summed E-state index contributed by atoms with van der Waals surface area (Å²) < 4.78 is 11.1. The van der Waals surface area contributed by atoms with Gasteiger partial charge in [0.25, 0.3) is 0 Å². The van der Waals surface area contributed by atoms with Crippen LogP contribution in [-0.4, -0.2) is 37.7 Å². The summed E-state index contributed by atoms with van der Waals surface area (Å²) in [5, 5.41) is 1.28. The Morgan fingerprint density at radius 3 is 2.56 bits per heavy atom. The highest BCUT2D eigenvalue weighted by atomic mass is 35.5. The third-order valence-electron chi connectivity index (χ3n) is 4.25. The number of amides is 1. The van der Waals surface area contributed by atoms with Crippen LogP contribution in [0.15, 0.2) is 48.5 Å². The molecule has 132 valence electrons. The van der Waals surface area contributed by atoms with Crippen molar-refractivity contribution in [3.8, 4) is 0 Å². The molecular weight excluding hydrogens is 361 g/mol. The standard InChI is InChI=1S/C19H19Cl2NO3/c1-24-10-9-22-17(23)12-25-19(14-3-2-4-16(21)11-14)18(22)13-5-7-15(20)8-6-13/h2-8,11,18-19H,9-10,12H2,1H3. The lowest BCUT2D eigenvalue weighted by Crippen LogP contribution is -2.47. The average Bonchev–Trinajstić information content (AvgIpc) is 2.61. The summed E-state index contributed by atoms with van der Waals surface area (Å²) in [5.41, 5.74) is 1.89. The van der Waals surface area contributed by atoms with Crippen LogP contribution < -0.4 is 0 Å². The number of halogens is 2. The molecule has 1 heterocycles. The minimum atomic E-state index is -0.311. The van der Waals surface area contributed by atoms with Gasteiger partial charge in [0, 0.05) is 23.7 Å². The van der Waals surface area contributed by atoms with Crippen LogP contribution in [0.2, 0.25) is 10.0 Å². The van der Waals surface area contributed by atoms with Crippen molar-refractivity contribution in [2.75, 3.05) is 26.9 Å². The molecule has 6 heteroatoms. The minimum Gasteiger partial charge on any atom is -0.383 e. The Morgan fingerprint density at radius 1 is 1.12 bits per heavy atom. The molecular formula is C19H19Cl2NO3. The molecule has 0 spiro atoms. The van der Waals surface area contributed by atoms with E-state index in [0.29, 0.717) is 23.2 Å². The first-order valence-electron chi connectivity index (χ1n) is 8.01. The lowest BCUT2D eigenvalue weighted by Gasteiger charge is -2.41. The molecule has 2 aromatic rings. The molecule has 4 nitrogen and oxygen atoms in total. The summed E-state index contributed by atoms with van der Waals surface area (Å²) in [5.74, 6) is -0.0599. The SMILES string of the molecule is COCCN1C(=O)COC(c2cccc(Cl)c2)C1c1ccc(Cl)cc1. The third kappa shape index (κ3) is 4.15. The zero-order valence-corrected chi connectivity index (χ0v) is 15.3. The van der Waals surface area contributed by atoms with Gasteiger partial charge in [0.2, 0.25) is 5.91 Å². The topological polar surface area (TPSA) is 38.8 Å². The zero-order valence-electron chi connectivity index (χ0n) is 13.8. The van der Waals surface area contributed by atoms with Crippen LogP contribution in [0.25, 0.3) is 0 Å². The van der Waals surface area contributed by atoms with Gasteiger partial charge >= 0.3 is 0 Å². The highest BCUT2D eigenvalue weighted by Crippen LogP contribution is 2.40. The summed E-state index contributed by atoms with van der Waals surface area (Å²) in [6.45, 7) is 0.978. The fourth-order valence-corrected chi connectivity index (χ4v) is 3.41. The Balaban J connectivity index is 2.02. The van der Waals surface area contributed by atoms with Gasteiger partial charge in [0.1, 0.15) is 12.7 Å². The van der Waals surface area contributed by atoms with Gasteiger partial charge in [-0.3, -0.25) is 4.79 Å². The number of carbonyl (C=O) groups is 1. The van der Waals surface area contributed by atoms with E-state index in [1.807, 2.05) is 53.4 Å². The molecule has 0 radical (unpaired) electrons. The highest BCUT2D eigenvalue weighted by molar-refractivity contribution is 6.30. The molecule has 25 heavy (non-hydrogen) atoms. The second kappa shape index (κ2) is 8.19. The highest BCUT2D eigenvalue weighted by Gasteiger charge is 2.38. The van der Waals surface area contributed by atoms with Gasteiger partial charge in [0.15, 0.2) is 0 Å². The van der Waals surface area contributed by atoms with E-state index < -0.39 is 0 Å². The van der Waals surface area contributed by atoms with Crippen LogP contribution in [0.3, 0.4) is 0 Å². The van der Waals surface area contributed by atoms with Gasteiger partial charge in [-0.05, 0) is 35.4 Å². The van der Waals surface area contributed by atoms with E-state index in [1.54, 1.807) is 7.11 Å². The van der Waals surface area contributed by atoms with Crippen molar-refractivity contribution in [1.29, 1.82) is 0 Å². The van der Waals surface area contributed by atoms with E-state index in [9.17, 15) is 4.79 Å². The normalized spacial score (nSPS) is 20.8. The number of methoxy groups -OCH3 is 1. The number of hydrogen-bond donors (Lipinski definition) is 0. The maximum Gasteiger partial charge on any atom is 0.249 e. The van der Waals surface area contributed by atoms with Crippen LogP contribution >= 0.6 is 23.2 Å². The smallest absolute Gasteiger partial charge is 0.249 e.